The first-order chi connectivity index (χ1) is 7.33. The lowest BCUT2D eigenvalue weighted by molar-refractivity contribution is -0.146. The highest BCUT2D eigenvalue weighted by Crippen LogP contribution is 2.32. The number of hydrogen-bond acceptors (Lipinski definition) is 2. The molecular formula is C13H26N2O. The molecule has 1 N–H and O–H groups in total. The van der Waals surface area contributed by atoms with Crippen molar-refractivity contribution in [3.63, 3.8) is 0 Å². The van der Waals surface area contributed by atoms with Gasteiger partial charge in [-0.2, -0.15) is 0 Å². The van der Waals surface area contributed by atoms with E-state index in [1.54, 1.807) is 0 Å². The average Bonchev–Trinajstić information content (AvgIpc) is 2.28. The summed E-state index contributed by atoms with van der Waals surface area (Å²) >= 11 is 0. The normalized spacial score (nSPS) is 20.6. The van der Waals surface area contributed by atoms with E-state index in [0.29, 0.717) is 5.91 Å². The van der Waals surface area contributed by atoms with Gasteiger partial charge in [0.05, 0.1) is 0 Å². The van der Waals surface area contributed by atoms with Gasteiger partial charge >= 0.3 is 0 Å². The molecule has 1 amide bonds. The van der Waals surface area contributed by atoms with Gasteiger partial charge in [0, 0.05) is 18.0 Å². The summed E-state index contributed by atoms with van der Waals surface area (Å²) in [4.78, 5) is 14.5. The number of carbonyl (C=O) groups excluding carboxylic acids is 1. The van der Waals surface area contributed by atoms with E-state index in [9.17, 15) is 4.79 Å². The Bertz CT molecular complexity index is 255. The number of amides is 1. The van der Waals surface area contributed by atoms with Crippen LogP contribution >= 0.6 is 0 Å². The van der Waals surface area contributed by atoms with Gasteiger partial charge in [0.25, 0.3) is 0 Å². The highest BCUT2D eigenvalue weighted by molar-refractivity contribution is 5.83. The van der Waals surface area contributed by atoms with Gasteiger partial charge in [0.15, 0.2) is 0 Å². The smallest absolute Gasteiger partial charge is 0.228 e. The standard InChI is InChI=1S/C13H26N2O/c1-6-12(2,3)15(5)11(16)13(4)7-9-14-10-8-13/h14H,6-10H2,1-5H3. The van der Waals surface area contributed by atoms with Crippen LogP contribution in [0.25, 0.3) is 0 Å². The van der Waals surface area contributed by atoms with E-state index in [0.717, 1.165) is 32.4 Å². The Morgan fingerprint density at radius 3 is 2.31 bits per heavy atom. The highest BCUT2D eigenvalue weighted by atomic mass is 16.2. The fraction of sp³-hybridized carbons (Fsp3) is 0.923. The molecule has 0 spiro atoms. The molecule has 0 aromatic rings. The molecule has 0 unspecified atom stereocenters. The number of hydrogen-bond donors (Lipinski definition) is 1. The summed E-state index contributed by atoms with van der Waals surface area (Å²) in [5.41, 5.74) is -0.197. The number of piperidine rings is 1. The maximum atomic E-state index is 12.5. The summed E-state index contributed by atoms with van der Waals surface area (Å²) in [5, 5.41) is 3.32. The lowest BCUT2D eigenvalue weighted by Crippen LogP contribution is -2.53. The number of rotatable bonds is 3. The van der Waals surface area contributed by atoms with E-state index in [1.807, 2.05) is 11.9 Å². The summed E-state index contributed by atoms with van der Waals surface area (Å²) in [5.74, 6) is 0.306. The van der Waals surface area contributed by atoms with Crippen molar-refractivity contribution in [1.82, 2.24) is 10.2 Å². The summed E-state index contributed by atoms with van der Waals surface area (Å²) in [6.07, 6.45) is 2.90. The SMILES string of the molecule is CCC(C)(C)N(C)C(=O)C1(C)CCNCC1. The number of nitrogens with zero attached hydrogens (tertiary/aromatic N) is 1. The van der Waals surface area contributed by atoms with Crippen LogP contribution in [-0.4, -0.2) is 36.5 Å². The van der Waals surface area contributed by atoms with Gasteiger partial charge in [-0.3, -0.25) is 4.79 Å². The summed E-state index contributed by atoms with van der Waals surface area (Å²) in [6, 6.07) is 0. The Hall–Kier alpha value is -0.570. The first-order valence-electron chi connectivity index (χ1n) is 6.32. The van der Waals surface area contributed by atoms with Crippen molar-refractivity contribution in [2.24, 2.45) is 5.41 Å². The minimum atomic E-state index is -0.160. The Morgan fingerprint density at radius 1 is 1.38 bits per heavy atom. The minimum Gasteiger partial charge on any atom is -0.340 e. The van der Waals surface area contributed by atoms with Gasteiger partial charge in [-0.1, -0.05) is 13.8 Å². The summed E-state index contributed by atoms with van der Waals surface area (Å²) in [7, 11) is 1.94. The molecule has 94 valence electrons. The van der Waals surface area contributed by atoms with Crippen LogP contribution in [0.4, 0.5) is 0 Å². The third kappa shape index (κ3) is 2.57. The number of nitrogens with one attached hydrogen (secondary N) is 1. The molecule has 0 saturated carbocycles. The van der Waals surface area contributed by atoms with E-state index >= 15 is 0 Å². The molecule has 1 fully saturated rings. The lowest BCUT2D eigenvalue weighted by Gasteiger charge is -2.42. The molecule has 0 aromatic carbocycles. The zero-order valence-electron chi connectivity index (χ0n) is 11.4. The number of carbonyl (C=O) groups is 1. The molecule has 3 nitrogen and oxygen atoms in total. The molecule has 0 radical (unpaired) electrons. The largest absolute Gasteiger partial charge is 0.340 e. The van der Waals surface area contributed by atoms with Gasteiger partial charge in [0.2, 0.25) is 5.91 Å². The van der Waals surface area contributed by atoms with E-state index in [1.165, 1.54) is 0 Å². The molecule has 1 saturated heterocycles. The van der Waals surface area contributed by atoms with Crippen LogP contribution in [0.5, 0.6) is 0 Å². The molecule has 0 aliphatic carbocycles. The molecule has 1 rings (SSSR count). The monoisotopic (exact) mass is 226 g/mol. The third-order valence-electron chi connectivity index (χ3n) is 4.30. The second-order valence-electron chi connectivity index (χ2n) is 5.84. The predicted octanol–water partition coefficient (Wildman–Crippen LogP) is 2.02. The van der Waals surface area contributed by atoms with Crippen LogP contribution in [-0.2, 0) is 4.79 Å². The van der Waals surface area contributed by atoms with Crippen molar-refractivity contribution in [2.75, 3.05) is 20.1 Å². The van der Waals surface area contributed by atoms with E-state index in [4.69, 9.17) is 0 Å². The molecule has 1 aliphatic heterocycles. The van der Waals surface area contributed by atoms with Gasteiger partial charge in [-0.25, -0.2) is 0 Å². The van der Waals surface area contributed by atoms with Crippen molar-refractivity contribution in [3.8, 4) is 0 Å². The van der Waals surface area contributed by atoms with Gasteiger partial charge in [-0.15, -0.1) is 0 Å². The molecule has 0 atom stereocenters. The van der Waals surface area contributed by atoms with Crippen LogP contribution in [0, 0.1) is 5.41 Å². The maximum Gasteiger partial charge on any atom is 0.228 e. The molecule has 16 heavy (non-hydrogen) atoms. The third-order valence-corrected chi connectivity index (χ3v) is 4.30. The average molecular weight is 226 g/mol. The molecular weight excluding hydrogens is 200 g/mol. The first-order valence-corrected chi connectivity index (χ1v) is 6.32. The van der Waals surface area contributed by atoms with Crippen molar-refractivity contribution in [1.29, 1.82) is 0 Å². The second kappa shape index (κ2) is 4.74. The van der Waals surface area contributed by atoms with Crippen LogP contribution in [0.3, 0.4) is 0 Å². The lowest BCUT2D eigenvalue weighted by atomic mass is 9.78. The zero-order chi connectivity index (χ0) is 12.4. The molecule has 1 heterocycles. The molecule has 0 bridgehead atoms. The summed E-state index contributed by atoms with van der Waals surface area (Å²) < 4.78 is 0. The minimum absolute atomic E-state index is 0.0367. The maximum absolute atomic E-state index is 12.5. The van der Waals surface area contributed by atoms with Crippen molar-refractivity contribution in [3.05, 3.63) is 0 Å². The van der Waals surface area contributed by atoms with Crippen molar-refractivity contribution >= 4 is 5.91 Å². The fourth-order valence-electron chi connectivity index (χ4n) is 2.11. The highest BCUT2D eigenvalue weighted by Gasteiger charge is 2.40. The molecule has 0 aromatic heterocycles. The quantitative estimate of drug-likeness (QED) is 0.798. The van der Waals surface area contributed by atoms with Crippen molar-refractivity contribution in [2.45, 2.75) is 52.5 Å². The second-order valence-corrected chi connectivity index (χ2v) is 5.84. The van der Waals surface area contributed by atoms with E-state index in [-0.39, 0.29) is 11.0 Å². The van der Waals surface area contributed by atoms with Gasteiger partial charge in [0.1, 0.15) is 0 Å². The van der Waals surface area contributed by atoms with Crippen LogP contribution in [0.15, 0.2) is 0 Å². The van der Waals surface area contributed by atoms with Crippen LogP contribution in [0.2, 0.25) is 0 Å². The Labute approximate surface area is 99.6 Å². The van der Waals surface area contributed by atoms with Crippen LogP contribution < -0.4 is 5.32 Å². The van der Waals surface area contributed by atoms with E-state index in [2.05, 4.69) is 33.0 Å². The zero-order valence-corrected chi connectivity index (χ0v) is 11.4. The Morgan fingerprint density at radius 2 is 1.88 bits per heavy atom. The Kier molecular flexibility index (Phi) is 4.00. The molecule has 1 aliphatic rings. The topological polar surface area (TPSA) is 32.3 Å². The van der Waals surface area contributed by atoms with Gasteiger partial charge in [-0.05, 0) is 46.2 Å². The molecule has 3 heteroatoms. The van der Waals surface area contributed by atoms with E-state index < -0.39 is 0 Å². The Balaban J connectivity index is 2.76. The van der Waals surface area contributed by atoms with Gasteiger partial charge < -0.3 is 10.2 Å². The fourth-order valence-corrected chi connectivity index (χ4v) is 2.11. The van der Waals surface area contributed by atoms with Crippen LogP contribution in [0.1, 0.15) is 47.0 Å². The van der Waals surface area contributed by atoms with Crippen molar-refractivity contribution < 1.29 is 4.79 Å². The first kappa shape index (κ1) is 13.5. The summed E-state index contributed by atoms with van der Waals surface area (Å²) in [6.45, 7) is 10.4. The predicted molar refractivity (Wildman–Crippen MR) is 67.4 cm³/mol.